The van der Waals surface area contributed by atoms with E-state index in [-0.39, 0.29) is 6.04 Å². The normalized spacial score (nSPS) is 12.2. The summed E-state index contributed by atoms with van der Waals surface area (Å²) in [6, 6.07) is 6.55. The molecule has 1 atom stereocenters. The van der Waals surface area contributed by atoms with Gasteiger partial charge in [-0.25, -0.2) is 0 Å². The lowest BCUT2D eigenvalue weighted by molar-refractivity contribution is 0.810. The summed E-state index contributed by atoms with van der Waals surface area (Å²) in [5.41, 5.74) is 5.69. The predicted octanol–water partition coefficient (Wildman–Crippen LogP) is 3.57. The molecule has 0 aliphatic heterocycles. The fourth-order valence-corrected chi connectivity index (χ4v) is 1.99. The number of hydrogen-bond acceptors (Lipinski definition) is 3. The van der Waals surface area contributed by atoms with Gasteiger partial charge >= 0.3 is 0 Å². The van der Waals surface area contributed by atoms with Crippen molar-refractivity contribution in [2.24, 2.45) is 0 Å². The fraction of sp³-hybridized carbons (Fsp3) is 0.333. The Kier molecular flexibility index (Phi) is 3.60. The molecule has 0 fully saturated rings. The van der Waals surface area contributed by atoms with E-state index in [1.165, 1.54) is 11.1 Å². The second-order valence-electron chi connectivity index (χ2n) is 4.69. The molecule has 0 saturated carbocycles. The van der Waals surface area contributed by atoms with E-state index in [0.29, 0.717) is 0 Å². The maximum absolute atomic E-state index is 4.39. The molecule has 1 unspecified atom stereocenters. The Bertz CT molecular complexity index is 549. The Morgan fingerprint density at radius 1 is 1.00 bits per heavy atom. The lowest BCUT2D eigenvalue weighted by atomic mass is 10.1. The quantitative estimate of drug-likeness (QED) is 0.892. The van der Waals surface area contributed by atoms with Crippen LogP contribution >= 0.6 is 0 Å². The standard InChI is InChI=1S/C15H19N3/c1-10-5-6-14(9-11(10)2)18-13(4)15-12(3)16-7-8-17-15/h5-9,13,18H,1-4H3. The Balaban J connectivity index is 2.19. The number of benzene rings is 1. The first kappa shape index (κ1) is 12.6. The van der Waals surface area contributed by atoms with E-state index >= 15 is 0 Å². The van der Waals surface area contributed by atoms with Crippen molar-refractivity contribution in [2.75, 3.05) is 5.32 Å². The molecule has 1 aromatic heterocycles. The summed E-state index contributed by atoms with van der Waals surface area (Å²) in [7, 11) is 0. The van der Waals surface area contributed by atoms with Crippen LogP contribution < -0.4 is 5.32 Å². The van der Waals surface area contributed by atoms with E-state index in [0.717, 1.165) is 17.1 Å². The number of nitrogens with zero attached hydrogens (tertiary/aromatic N) is 2. The number of aryl methyl sites for hydroxylation is 3. The van der Waals surface area contributed by atoms with Crippen molar-refractivity contribution >= 4 is 5.69 Å². The van der Waals surface area contributed by atoms with Gasteiger partial charge in [0.2, 0.25) is 0 Å². The lowest BCUT2D eigenvalue weighted by Gasteiger charge is -2.16. The molecule has 18 heavy (non-hydrogen) atoms. The fourth-order valence-electron chi connectivity index (χ4n) is 1.99. The SMILES string of the molecule is Cc1ccc(NC(C)c2nccnc2C)cc1C. The first-order valence-corrected chi connectivity index (χ1v) is 6.19. The van der Waals surface area contributed by atoms with Gasteiger partial charge in [0, 0.05) is 18.1 Å². The summed E-state index contributed by atoms with van der Waals surface area (Å²) in [4.78, 5) is 8.66. The average molecular weight is 241 g/mol. The molecule has 3 nitrogen and oxygen atoms in total. The summed E-state index contributed by atoms with van der Waals surface area (Å²) < 4.78 is 0. The second kappa shape index (κ2) is 5.17. The molecule has 94 valence electrons. The summed E-state index contributed by atoms with van der Waals surface area (Å²) in [5.74, 6) is 0. The number of aromatic nitrogens is 2. The van der Waals surface area contributed by atoms with Crippen molar-refractivity contribution in [1.29, 1.82) is 0 Å². The van der Waals surface area contributed by atoms with Crippen LogP contribution in [0.1, 0.15) is 35.5 Å². The zero-order valence-electron chi connectivity index (χ0n) is 11.4. The van der Waals surface area contributed by atoms with E-state index in [1.807, 2.05) is 6.92 Å². The Morgan fingerprint density at radius 2 is 1.72 bits per heavy atom. The van der Waals surface area contributed by atoms with E-state index in [2.05, 4.69) is 54.3 Å². The van der Waals surface area contributed by atoms with Crippen LogP contribution in [0.15, 0.2) is 30.6 Å². The molecule has 1 N–H and O–H groups in total. The summed E-state index contributed by atoms with van der Waals surface area (Å²) in [6.07, 6.45) is 3.46. The van der Waals surface area contributed by atoms with Crippen molar-refractivity contribution in [3.05, 3.63) is 53.1 Å². The predicted molar refractivity (Wildman–Crippen MR) is 74.7 cm³/mol. The van der Waals surface area contributed by atoms with Crippen molar-refractivity contribution in [1.82, 2.24) is 9.97 Å². The average Bonchev–Trinajstić information content (AvgIpc) is 2.34. The summed E-state index contributed by atoms with van der Waals surface area (Å²) in [5, 5.41) is 3.46. The van der Waals surface area contributed by atoms with E-state index in [1.54, 1.807) is 12.4 Å². The monoisotopic (exact) mass is 241 g/mol. The molecule has 0 aliphatic rings. The largest absolute Gasteiger partial charge is 0.377 e. The van der Waals surface area contributed by atoms with Crippen molar-refractivity contribution in [2.45, 2.75) is 33.7 Å². The smallest absolute Gasteiger partial charge is 0.0835 e. The van der Waals surface area contributed by atoms with E-state index in [9.17, 15) is 0 Å². The molecule has 0 bridgehead atoms. The van der Waals surface area contributed by atoms with Gasteiger partial charge in [0.05, 0.1) is 17.4 Å². The maximum atomic E-state index is 4.39. The molecule has 0 aliphatic carbocycles. The van der Waals surface area contributed by atoms with Gasteiger partial charge in [-0.3, -0.25) is 9.97 Å². The molecule has 0 saturated heterocycles. The molecular formula is C15H19N3. The zero-order chi connectivity index (χ0) is 13.1. The highest BCUT2D eigenvalue weighted by Crippen LogP contribution is 2.21. The van der Waals surface area contributed by atoms with Crippen LogP contribution in [0.2, 0.25) is 0 Å². The molecule has 2 aromatic rings. The molecule has 0 amide bonds. The van der Waals surface area contributed by atoms with Crippen LogP contribution in [0.4, 0.5) is 5.69 Å². The Morgan fingerprint density at radius 3 is 2.39 bits per heavy atom. The Labute approximate surface area is 108 Å². The van der Waals surface area contributed by atoms with E-state index in [4.69, 9.17) is 0 Å². The van der Waals surface area contributed by atoms with Crippen molar-refractivity contribution in [3.63, 3.8) is 0 Å². The summed E-state index contributed by atoms with van der Waals surface area (Å²) in [6.45, 7) is 8.33. The minimum absolute atomic E-state index is 0.154. The number of rotatable bonds is 3. The number of nitrogens with one attached hydrogen (secondary N) is 1. The van der Waals surface area contributed by atoms with Crippen molar-refractivity contribution < 1.29 is 0 Å². The van der Waals surface area contributed by atoms with Crippen LogP contribution in [-0.2, 0) is 0 Å². The highest BCUT2D eigenvalue weighted by Gasteiger charge is 2.10. The Hall–Kier alpha value is -1.90. The molecule has 1 aromatic carbocycles. The third kappa shape index (κ3) is 2.67. The topological polar surface area (TPSA) is 37.8 Å². The highest BCUT2D eigenvalue weighted by atomic mass is 15.0. The van der Waals surface area contributed by atoms with Gasteiger partial charge < -0.3 is 5.32 Å². The molecule has 2 rings (SSSR count). The number of hydrogen-bond donors (Lipinski definition) is 1. The second-order valence-corrected chi connectivity index (χ2v) is 4.69. The first-order valence-electron chi connectivity index (χ1n) is 6.19. The molecule has 0 spiro atoms. The third-order valence-electron chi connectivity index (χ3n) is 3.22. The minimum Gasteiger partial charge on any atom is -0.377 e. The van der Waals surface area contributed by atoms with Gasteiger partial charge in [-0.2, -0.15) is 0 Å². The highest BCUT2D eigenvalue weighted by molar-refractivity contribution is 5.49. The maximum Gasteiger partial charge on any atom is 0.0835 e. The molecular weight excluding hydrogens is 222 g/mol. The van der Waals surface area contributed by atoms with Crippen LogP contribution in [0.25, 0.3) is 0 Å². The van der Waals surface area contributed by atoms with Gasteiger partial charge in [0.15, 0.2) is 0 Å². The van der Waals surface area contributed by atoms with Crippen LogP contribution in [-0.4, -0.2) is 9.97 Å². The summed E-state index contributed by atoms with van der Waals surface area (Å²) >= 11 is 0. The van der Waals surface area contributed by atoms with Crippen LogP contribution in [0.5, 0.6) is 0 Å². The number of anilines is 1. The molecule has 0 radical (unpaired) electrons. The minimum atomic E-state index is 0.154. The van der Waals surface area contributed by atoms with Crippen molar-refractivity contribution in [3.8, 4) is 0 Å². The van der Waals surface area contributed by atoms with Crippen LogP contribution in [0, 0.1) is 20.8 Å². The zero-order valence-corrected chi connectivity index (χ0v) is 11.4. The van der Waals surface area contributed by atoms with Gasteiger partial charge in [-0.15, -0.1) is 0 Å². The van der Waals surface area contributed by atoms with E-state index < -0.39 is 0 Å². The first-order chi connectivity index (χ1) is 8.58. The van der Waals surface area contributed by atoms with Crippen LogP contribution in [0.3, 0.4) is 0 Å². The van der Waals surface area contributed by atoms with Gasteiger partial charge in [0.1, 0.15) is 0 Å². The molecule has 1 heterocycles. The van der Waals surface area contributed by atoms with Gasteiger partial charge in [-0.1, -0.05) is 6.07 Å². The lowest BCUT2D eigenvalue weighted by Crippen LogP contribution is -2.11. The molecule has 3 heteroatoms. The van der Waals surface area contributed by atoms with Gasteiger partial charge in [0.25, 0.3) is 0 Å². The third-order valence-corrected chi connectivity index (χ3v) is 3.22. The van der Waals surface area contributed by atoms with Gasteiger partial charge in [-0.05, 0) is 51.0 Å².